The molecule has 1 aliphatic heterocycles. The number of benzene rings is 2. The monoisotopic (exact) mass is 438 g/mol. The fourth-order valence-electron chi connectivity index (χ4n) is 3.39. The molecule has 0 unspecified atom stereocenters. The number of methoxy groups -OCH3 is 1. The molecule has 1 aliphatic rings. The second-order valence-electron chi connectivity index (χ2n) is 7.09. The number of pyridine rings is 1. The standard InChI is InChI=1S/C22H22N4O4S/c1-16-9-11-17(12-10-16)26-15-25(31(28,29)20-8-5-13-23-22(20)26)14-21(27)24-18-6-3-4-7-19(18)30-2/h3-13H,14-15H2,1-2H3,(H,24,27). The largest absolute Gasteiger partial charge is 0.495 e. The van der Waals surface area contributed by atoms with Crippen molar-refractivity contribution < 1.29 is 17.9 Å². The van der Waals surface area contributed by atoms with Crippen molar-refractivity contribution in [1.82, 2.24) is 9.29 Å². The molecule has 0 atom stereocenters. The summed E-state index contributed by atoms with van der Waals surface area (Å²) in [6.07, 6.45) is 1.56. The van der Waals surface area contributed by atoms with Crippen molar-refractivity contribution in [2.75, 3.05) is 30.5 Å². The van der Waals surface area contributed by atoms with Gasteiger partial charge in [-0.25, -0.2) is 13.4 Å². The van der Waals surface area contributed by atoms with E-state index in [9.17, 15) is 13.2 Å². The second kappa shape index (κ2) is 8.37. The second-order valence-corrected chi connectivity index (χ2v) is 9.00. The number of aromatic nitrogens is 1. The Morgan fingerprint density at radius 2 is 1.84 bits per heavy atom. The van der Waals surface area contributed by atoms with Gasteiger partial charge < -0.3 is 15.0 Å². The van der Waals surface area contributed by atoms with E-state index in [0.717, 1.165) is 15.6 Å². The number of hydrogen-bond acceptors (Lipinski definition) is 6. The molecule has 31 heavy (non-hydrogen) atoms. The van der Waals surface area contributed by atoms with Crippen LogP contribution in [0, 0.1) is 6.92 Å². The molecule has 0 spiro atoms. The van der Waals surface area contributed by atoms with E-state index in [0.29, 0.717) is 17.3 Å². The number of ether oxygens (including phenoxy) is 1. The molecule has 3 aromatic rings. The van der Waals surface area contributed by atoms with Crippen molar-refractivity contribution in [3.05, 3.63) is 72.4 Å². The van der Waals surface area contributed by atoms with E-state index in [-0.39, 0.29) is 18.1 Å². The summed E-state index contributed by atoms with van der Waals surface area (Å²) in [5.74, 6) is 0.366. The summed E-state index contributed by atoms with van der Waals surface area (Å²) >= 11 is 0. The van der Waals surface area contributed by atoms with E-state index in [1.807, 2.05) is 31.2 Å². The Kier molecular flexibility index (Phi) is 5.62. The van der Waals surface area contributed by atoms with Gasteiger partial charge in [-0.1, -0.05) is 29.8 Å². The molecule has 0 radical (unpaired) electrons. The van der Waals surface area contributed by atoms with Gasteiger partial charge in [0.15, 0.2) is 5.82 Å². The highest BCUT2D eigenvalue weighted by Crippen LogP contribution is 2.36. The maximum absolute atomic E-state index is 13.2. The molecule has 4 rings (SSSR count). The van der Waals surface area contributed by atoms with E-state index < -0.39 is 15.9 Å². The lowest BCUT2D eigenvalue weighted by Crippen LogP contribution is -2.47. The number of rotatable bonds is 5. The van der Waals surface area contributed by atoms with Gasteiger partial charge in [0, 0.05) is 11.9 Å². The number of carbonyl (C=O) groups is 1. The molecule has 8 nitrogen and oxygen atoms in total. The van der Waals surface area contributed by atoms with Crippen LogP contribution in [-0.2, 0) is 14.8 Å². The van der Waals surface area contributed by atoms with Crippen LogP contribution in [-0.4, -0.2) is 43.9 Å². The third kappa shape index (κ3) is 4.10. The molecule has 0 aliphatic carbocycles. The minimum Gasteiger partial charge on any atom is -0.495 e. The summed E-state index contributed by atoms with van der Waals surface area (Å²) in [5, 5.41) is 2.73. The fraction of sp³-hybridized carbons (Fsp3) is 0.182. The molecule has 0 saturated carbocycles. The van der Waals surface area contributed by atoms with Crippen LogP contribution < -0.4 is 15.0 Å². The molecule has 0 bridgehead atoms. The number of aryl methyl sites for hydroxylation is 1. The zero-order chi connectivity index (χ0) is 22.0. The molecular weight excluding hydrogens is 416 g/mol. The predicted molar refractivity (Wildman–Crippen MR) is 118 cm³/mol. The van der Waals surface area contributed by atoms with Gasteiger partial charge in [-0.05, 0) is 43.3 Å². The first kappa shape index (κ1) is 20.8. The van der Waals surface area contributed by atoms with Gasteiger partial charge in [0.05, 0.1) is 26.0 Å². The first-order valence-corrected chi connectivity index (χ1v) is 11.1. The van der Waals surface area contributed by atoms with Crippen LogP contribution in [0.5, 0.6) is 5.75 Å². The van der Waals surface area contributed by atoms with Crippen molar-refractivity contribution in [2.24, 2.45) is 0 Å². The Balaban J connectivity index is 1.65. The van der Waals surface area contributed by atoms with Crippen molar-refractivity contribution in [3.63, 3.8) is 0 Å². The topological polar surface area (TPSA) is 91.8 Å². The van der Waals surface area contributed by atoms with Crippen molar-refractivity contribution >= 4 is 33.1 Å². The van der Waals surface area contributed by atoms with Crippen LogP contribution in [0.3, 0.4) is 0 Å². The molecule has 1 aromatic heterocycles. The lowest BCUT2D eigenvalue weighted by molar-refractivity contribution is -0.116. The number of para-hydroxylation sites is 2. The number of amides is 1. The lowest BCUT2D eigenvalue weighted by Gasteiger charge is -2.36. The summed E-state index contributed by atoms with van der Waals surface area (Å²) in [5.41, 5.74) is 2.35. The van der Waals surface area contributed by atoms with Gasteiger partial charge in [-0.15, -0.1) is 0 Å². The maximum atomic E-state index is 13.2. The zero-order valence-electron chi connectivity index (χ0n) is 17.1. The van der Waals surface area contributed by atoms with Crippen LogP contribution in [0.25, 0.3) is 0 Å². The molecule has 0 saturated heterocycles. The highest BCUT2D eigenvalue weighted by atomic mass is 32.2. The smallest absolute Gasteiger partial charge is 0.248 e. The van der Waals surface area contributed by atoms with Crippen molar-refractivity contribution in [3.8, 4) is 5.75 Å². The van der Waals surface area contributed by atoms with E-state index in [2.05, 4.69) is 10.3 Å². The molecule has 1 amide bonds. The van der Waals surface area contributed by atoms with Gasteiger partial charge in [0.2, 0.25) is 15.9 Å². The number of nitrogens with one attached hydrogen (secondary N) is 1. The third-order valence-electron chi connectivity index (χ3n) is 4.97. The van der Waals surface area contributed by atoms with Gasteiger partial charge >= 0.3 is 0 Å². The Morgan fingerprint density at radius 3 is 2.58 bits per heavy atom. The average Bonchev–Trinajstić information content (AvgIpc) is 2.77. The van der Waals surface area contributed by atoms with Crippen molar-refractivity contribution in [2.45, 2.75) is 11.8 Å². The number of carbonyl (C=O) groups excluding carboxylic acids is 1. The lowest BCUT2D eigenvalue weighted by atomic mass is 10.2. The van der Waals surface area contributed by atoms with Gasteiger partial charge in [-0.3, -0.25) is 4.79 Å². The number of sulfonamides is 1. The number of fused-ring (bicyclic) bond motifs is 1. The summed E-state index contributed by atoms with van der Waals surface area (Å²) in [6.45, 7) is 1.59. The quantitative estimate of drug-likeness (QED) is 0.658. The summed E-state index contributed by atoms with van der Waals surface area (Å²) in [4.78, 5) is 18.9. The predicted octanol–water partition coefficient (Wildman–Crippen LogP) is 3.14. The minimum atomic E-state index is -3.90. The van der Waals surface area contributed by atoms with E-state index in [4.69, 9.17) is 4.74 Å². The number of nitrogens with zero attached hydrogens (tertiary/aromatic N) is 3. The molecule has 2 aromatic carbocycles. The third-order valence-corrected chi connectivity index (χ3v) is 6.77. The molecule has 160 valence electrons. The maximum Gasteiger partial charge on any atom is 0.248 e. The van der Waals surface area contributed by atoms with Gasteiger partial charge in [0.25, 0.3) is 0 Å². The highest BCUT2D eigenvalue weighted by molar-refractivity contribution is 7.89. The minimum absolute atomic E-state index is 0.0330. The van der Waals surface area contributed by atoms with E-state index in [1.54, 1.807) is 41.4 Å². The van der Waals surface area contributed by atoms with Gasteiger partial charge in [0.1, 0.15) is 10.6 Å². The number of hydrogen-bond donors (Lipinski definition) is 1. The van der Waals surface area contributed by atoms with Crippen LogP contribution in [0.2, 0.25) is 0 Å². The highest BCUT2D eigenvalue weighted by Gasteiger charge is 2.38. The van der Waals surface area contributed by atoms with Crippen LogP contribution in [0.4, 0.5) is 17.2 Å². The van der Waals surface area contributed by atoms with Crippen LogP contribution >= 0.6 is 0 Å². The molecule has 0 fully saturated rings. The first-order chi connectivity index (χ1) is 14.9. The van der Waals surface area contributed by atoms with Crippen molar-refractivity contribution in [1.29, 1.82) is 0 Å². The Hall–Kier alpha value is -3.43. The van der Waals surface area contributed by atoms with E-state index >= 15 is 0 Å². The fourth-order valence-corrected chi connectivity index (χ4v) is 4.86. The first-order valence-electron chi connectivity index (χ1n) is 9.62. The zero-order valence-corrected chi connectivity index (χ0v) is 18.0. The normalized spacial score (nSPS) is 15.2. The summed E-state index contributed by atoms with van der Waals surface area (Å²) in [7, 11) is -2.39. The number of anilines is 3. The molecule has 9 heteroatoms. The molecule has 1 N–H and O–H groups in total. The Bertz CT molecular complexity index is 1210. The summed E-state index contributed by atoms with van der Waals surface area (Å²) < 4.78 is 32.8. The van der Waals surface area contributed by atoms with Gasteiger partial charge in [-0.2, -0.15) is 4.31 Å². The Morgan fingerprint density at radius 1 is 1.10 bits per heavy atom. The summed E-state index contributed by atoms with van der Waals surface area (Å²) in [6, 6.07) is 17.7. The Labute approximate surface area is 181 Å². The van der Waals surface area contributed by atoms with Crippen LogP contribution in [0.15, 0.2) is 71.8 Å². The van der Waals surface area contributed by atoms with Crippen LogP contribution in [0.1, 0.15) is 5.56 Å². The van der Waals surface area contributed by atoms with E-state index in [1.165, 1.54) is 13.2 Å². The average molecular weight is 439 g/mol. The SMILES string of the molecule is COc1ccccc1NC(=O)CN1CN(c2ccc(C)cc2)c2ncccc2S1(=O)=O. The molecular formula is C22H22N4O4S. The molecule has 2 heterocycles.